The fourth-order valence-electron chi connectivity index (χ4n) is 1.61. The van der Waals surface area contributed by atoms with Crippen LogP contribution in [0.2, 0.25) is 0 Å². The maximum atomic E-state index is 13.3. The van der Waals surface area contributed by atoms with E-state index in [1.165, 1.54) is 18.2 Å². The molecule has 0 amide bonds. The molecule has 0 radical (unpaired) electrons. The monoisotopic (exact) mass is 260 g/mol. The lowest BCUT2D eigenvalue weighted by atomic mass is 10.2. The molecule has 0 saturated carbocycles. The van der Waals surface area contributed by atoms with Crippen molar-refractivity contribution in [3.63, 3.8) is 0 Å². The van der Waals surface area contributed by atoms with Crippen LogP contribution in [0.25, 0.3) is 10.9 Å². The van der Waals surface area contributed by atoms with Gasteiger partial charge in [0, 0.05) is 7.05 Å². The maximum absolute atomic E-state index is 13.3. The van der Waals surface area contributed by atoms with Gasteiger partial charge in [0.15, 0.2) is 5.82 Å². The van der Waals surface area contributed by atoms with E-state index in [-0.39, 0.29) is 10.9 Å². The number of para-hydroxylation sites is 1. The molecular weight excluding hydrogens is 252 g/mol. The van der Waals surface area contributed by atoms with Gasteiger partial charge in [-0.1, -0.05) is 12.1 Å². The molecule has 1 heterocycles. The van der Waals surface area contributed by atoms with E-state index in [4.69, 9.17) is 0 Å². The number of halogens is 4. The molecule has 0 bridgehead atoms. The molecule has 0 N–H and O–H groups in total. The van der Waals surface area contributed by atoms with Gasteiger partial charge in [0.1, 0.15) is 0 Å². The van der Waals surface area contributed by atoms with Crippen LogP contribution in [-0.4, -0.2) is 15.7 Å². The van der Waals surface area contributed by atoms with Crippen molar-refractivity contribution >= 4 is 10.9 Å². The van der Waals surface area contributed by atoms with Gasteiger partial charge in [-0.2, -0.15) is 13.2 Å². The van der Waals surface area contributed by atoms with Crippen molar-refractivity contribution in [2.45, 2.75) is 12.3 Å². The lowest BCUT2D eigenvalue weighted by Crippen LogP contribution is -2.28. The minimum absolute atomic E-state index is 0.0440. The molecule has 7 heteroatoms. The molecule has 3 nitrogen and oxygen atoms in total. The fourth-order valence-corrected chi connectivity index (χ4v) is 1.61. The SMILES string of the molecule is Cn1c(C(F)C(F)(F)F)nc2ccccc2c1=O. The molecule has 0 aliphatic rings. The van der Waals surface area contributed by atoms with Gasteiger partial charge in [0.2, 0.25) is 0 Å². The van der Waals surface area contributed by atoms with Crippen LogP contribution in [0.4, 0.5) is 17.6 Å². The summed E-state index contributed by atoms with van der Waals surface area (Å²) in [5.41, 5.74) is -0.662. The van der Waals surface area contributed by atoms with Crippen LogP contribution in [-0.2, 0) is 7.05 Å². The molecular formula is C11H8F4N2O. The Hall–Kier alpha value is -1.92. The van der Waals surface area contributed by atoms with Gasteiger partial charge >= 0.3 is 6.18 Å². The van der Waals surface area contributed by atoms with Crippen LogP contribution in [0, 0.1) is 0 Å². The number of benzene rings is 1. The molecule has 0 fully saturated rings. The second kappa shape index (κ2) is 4.08. The zero-order chi connectivity index (χ0) is 13.5. The minimum atomic E-state index is -5.08. The highest BCUT2D eigenvalue weighted by atomic mass is 19.4. The lowest BCUT2D eigenvalue weighted by Gasteiger charge is -2.15. The second-order valence-corrected chi connectivity index (χ2v) is 3.76. The first kappa shape index (κ1) is 12.5. The van der Waals surface area contributed by atoms with E-state index in [0.29, 0.717) is 4.57 Å². The quantitative estimate of drug-likeness (QED) is 0.738. The highest BCUT2D eigenvalue weighted by Crippen LogP contribution is 2.34. The Balaban J connectivity index is 2.74. The van der Waals surface area contributed by atoms with Crippen molar-refractivity contribution in [2.75, 3.05) is 0 Å². The van der Waals surface area contributed by atoms with Crippen LogP contribution in [0.3, 0.4) is 0 Å². The zero-order valence-corrected chi connectivity index (χ0v) is 9.20. The van der Waals surface area contributed by atoms with Crippen molar-refractivity contribution < 1.29 is 17.6 Å². The number of nitrogens with zero attached hydrogens (tertiary/aromatic N) is 2. The molecule has 2 rings (SSSR count). The first-order chi connectivity index (χ1) is 8.32. The summed E-state index contributed by atoms with van der Waals surface area (Å²) in [5, 5.41) is 0.151. The van der Waals surface area contributed by atoms with E-state index >= 15 is 0 Å². The van der Waals surface area contributed by atoms with E-state index in [2.05, 4.69) is 4.98 Å². The summed E-state index contributed by atoms with van der Waals surface area (Å²) in [5.74, 6) is -0.939. The summed E-state index contributed by atoms with van der Waals surface area (Å²) >= 11 is 0. The van der Waals surface area contributed by atoms with Crippen molar-refractivity contribution in [3.05, 3.63) is 40.4 Å². The Labute approximate surface area is 98.7 Å². The lowest BCUT2D eigenvalue weighted by molar-refractivity contribution is -0.185. The Morgan fingerprint density at radius 1 is 1.28 bits per heavy atom. The number of rotatable bonds is 1. The highest BCUT2D eigenvalue weighted by Gasteiger charge is 2.44. The van der Waals surface area contributed by atoms with Gasteiger partial charge in [-0.25, -0.2) is 9.37 Å². The second-order valence-electron chi connectivity index (χ2n) is 3.76. The van der Waals surface area contributed by atoms with Crippen molar-refractivity contribution in [1.82, 2.24) is 9.55 Å². The first-order valence-electron chi connectivity index (χ1n) is 4.99. The Kier molecular flexibility index (Phi) is 2.84. The number of hydrogen-bond acceptors (Lipinski definition) is 2. The number of fused-ring (bicyclic) bond motifs is 1. The largest absolute Gasteiger partial charge is 0.427 e. The van der Waals surface area contributed by atoms with Crippen LogP contribution < -0.4 is 5.56 Å². The van der Waals surface area contributed by atoms with E-state index in [9.17, 15) is 22.4 Å². The average molecular weight is 260 g/mol. The van der Waals surface area contributed by atoms with Gasteiger partial charge < -0.3 is 0 Å². The molecule has 2 aromatic rings. The van der Waals surface area contributed by atoms with Crippen LogP contribution in [0.5, 0.6) is 0 Å². The third kappa shape index (κ3) is 1.96. The van der Waals surface area contributed by atoms with Crippen molar-refractivity contribution in [1.29, 1.82) is 0 Å². The third-order valence-electron chi connectivity index (χ3n) is 2.53. The molecule has 1 aromatic heterocycles. The van der Waals surface area contributed by atoms with Gasteiger partial charge in [0.05, 0.1) is 10.9 Å². The smallest absolute Gasteiger partial charge is 0.296 e. The first-order valence-corrected chi connectivity index (χ1v) is 4.99. The van der Waals surface area contributed by atoms with Crippen molar-refractivity contribution in [3.8, 4) is 0 Å². The van der Waals surface area contributed by atoms with Gasteiger partial charge in [-0.3, -0.25) is 9.36 Å². The van der Waals surface area contributed by atoms with Gasteiger partial charge in [0.25, 0.3) is 11.7 Å². The number of alkyl halides is 4. The van der Waals surface area contributed by atoms with Crippen molar-refractivity contribution in [2.24, 2.45) is 7.05 Å². The molecule has 0 aliphatic carbocycles. The zero-order valence-electron chi connectivity index (χ0n) is 9.20. The predicted octanol–water partition coefficient (Wildman–Crippen LogP) is 2.51. The summed E-state index contributed by atoms with van der Waals surface area (Å²) in [7, 11) is 1.06. The predicted molar refractivity (Wildman–Crippen MR) is 56.9 cm³/mol. The van der Waals surface area contributed by atoms with Crippen LogP contribution in [0.15, 0.2) is 29.1 Å². The van der Waals surface area contributed by atoms with E-state index < -0.39 is 23.7 Å². The Bertz CT molecular complexity index is 648. The summed E-state index contributed by atoms with van der Waals surface area (Å²) in [4.78, 5) is 15.3. The molecule has 0 saturated heterocycles. The average Bonchev–Trinajstić information content (AvgIpc) is 2.32. The van der Waals surface area contributed by atoms with Gasteiger partial charge in [-0.15, -0.1) is 0 Å². The Morgan fingerprint density at radius 3 is 2.50 bits per heavy atom. The minimum Gasteiger partial charge on any atom is -0.296 e. The maximum Gasteiger partial charge on any atom is 0.427 e. The van der Waals surface area contributed by atoms with E-state index in [1.807, 2.05) is 0 Å². The topological polar surface area (TPSA) is 34.9 Å². The normalized spacial score (nSPS) is 13.8. The van der Waals surface area contributed by atoms with Crippen LogP contribution >= 0.6 is 0 Å². The molecule has 1 aromatic carbocycles. The fraction of sp³-hybridized carbons (Fsp3) is 0.273. The number of hydrogen-bond donors (Lipinski definition) is 0. The van der Waals surface area contributed by atoms with Gasteiger partial charge in [-0.05, 0) is 12.1 Å². The summed E-state index contributed by atoms with van der Waals surface area (Å²) in [6.07, 6.45) is -8.36. The van der Waals surface area contributed by atoms with Crippen LogP contribution in [0.1, 0.15) is 12.0 Å². The molecule has 96 valence electrons. The summed E-state index contributed by atoms with van der Waals surface area (Å²) in [6, 6.07) is 5.86. The molecule has 18 heavy (non-hydrogen) atoms. The molecule has 1 atom stereocenters. The third-order valence-corrected chi connectivity index (χ3v) is 2.53. The summed E-state index contributed by atoms with van der Waals surface area (Å²) < 4.78 is 50.8. The molecule has 0 aliphatic heterocycles. The highest BCUT2D eigenvalue weighted by molar-refractivity contribution is 5.77. The standard InChI is InChI=1S/C11H8F4N2O/c1-17-9(8(12)11(13,14)15)16-7-5-3-2-4-6(7)10(17)18/h2-5,8H,1H3. The Morgan fingerprint density at radius 2 is 1.89 bits per heavy atom. The molecule has 1 unspecified atom stereocenters. The molecule has 0 spiro atoms. The number of aromatic nitrogens is 2. The van der Waals surface area contributed by atoms with E-state index in [1.54, 1.807) is 6.07 Å². The van der Waals surface area contributed by atoms with E-state index in [0.717, 1.165) is 7.05 Å². The summed E-state index contributed by atoms with van der Waals surface area (Å²) in [6.45, 7) is 0.